The number of carbonyl (C=O) groups excluding carboxylic acids is 1. The summed E-state index contributed by atoms with van der Waals surface area (Å²) in [5, 5.41) is 3.64. The Hall–Kier alpha value is -4.41. The fraction of sp³-hybridized carbons (Fsp3) is 0.231. The van der Waals surface area contributed by atoms with Gasteiger partial charge in [-0.05, 0) is 36.8 Å². The fourth-order valence-electron chi connectivity index (χ4n) is 4.27. The van der Waals surface area contributed by atoms with Gasteiger partial charge in [0, 0.05) is 61.1 Å². The largest absolute Gasteiger partial charge is 0.497 e. The lowest BCUT2D eigenvalue weighted by atomic mass is 9.91. The Labute approximate surface area is 210 Å². The lowest BCUT2D eigenvalue weighted by Gasteiger charge is -2.23. The number of fused-ring (bicyclic) bond motifs is 1. The molecule has 3 aromatic heterocycles. The van der Waals surface area contributed by atoms with Gasteiger partial charge in [-0.15, -0.1) is 0 Å². The molecule has 0 N–H and O–H groups in total. The maximum atomic E-state index is 13.9. The van der Waals surface area contributed by atoms with Crippen LogP contribution in [0.3, 0.4) is 0 Å². The molecule has 4 heterocycles. The van der Waals surface area contributed by atoms with Gasteiger partial charge in [0.2, 0.25) is 0 Å². The lowest BCUT2D eigenvalue weighted by Crippen LogP contribution is -2.21. The average Bonchev–Trinajstić information content (AvgIpc) is 3.46. The van der Waals surface area contributed by atoms with E-state index in [0.717, 1.165) is 10.5 Å². The number of pyridine rings is 1. The smallest absolute Gasteiger partial charge is 0.435 e. The van der Waals surface area contributed by atoms with E-state index in [2.05, 4.69) is 15.1 Å². The monoisotopic (exact) mass is 509 g/mol. The molecule has 5 rings (SSSR count). The summed E-state index contributed by atoms with van der Waals surface area (Å²) in [5.41, 5.74) is 0.533. The number of Topliss-reactive ketones (excluding diaryl/α,β-unsaturated/α-hetero) is 1. The Kier molecular flexibility index (Phi) is 6.06. The first kappa shape index (κ1) is 24.3. The van der Waals surface area contributed by atoms with E-state index in [1.54, 1.807) is 48.9 Å². The quantitative estimate of drug-likeness (QED) is 0.362. The Bertz CT molecular complexity index is 1530. The van der Waals surface area contributed by atoms with Crippen molar-refractivity contribution in [2.75, 3.05) is 13.7 Å². The van der Waals surface area contributed by atoms with Crippen molar-refractivity contribution in [1.29, 1.82) is 0 Å². The second-order valence-corrected chi connectivity index (χ2v) is 8.59. The first-order chi connectivity index (χ1) is 17.6. The maximum Gasteiger partial charge on any atom is 0.435 e. The molecule has 0 saturated heterocycles. The number of hydrogen-bond acceptors (Lipinski definition) is 6. The number of benzene rings is 1. The standard InChI is InChI=1S/C26H22F3N5O3/c1-15-30-6-7-34(15)12-16-8-20(22-13-33(2)32-25(22)26(27,28)29)24-21(9-16)23(35)17(14-37-24)10-18-11-19(36-3)4-5-31-18/h4-11,13H,12,14H2,1-3H3/b17-10+. The van der Waals surface area contributed by atoms with E-state index < -0.39 is 11.9 Å². The summed E-state index contributed by atoms with van der Waals surface area (Å²) in [4.78, 5) is 22.0. The van der Waals surface area contributed by atoms with E-state index in [0.29, 0.717) is 29.1 Å². The van der Waals surface area contributed by atoms with Crippen LogP contribution in [0, 0.1) is 6.92 Å². The number of alkyl halides is 3. The summed E-state index contributed by atoms with van der Waals surface area (Å²) in [6, 6.07) is 6.61. The number of carbonyl (C=O) groups is 1. The first-order valence-corrected chi connectivity index (χ1v) is 11.3. The summed E-state index contributed by atoms with van der Waals surface area (Å²) in [6.07, 6.45) is 3.13. The second kappa shape index (κ2) is 9.23. The number of aryl methyl sites for hydroxylation is 2. The molecule has 1 aromatic carbocycles. The molecule has 0 fully saturated rings. The van der Waals surface area contributed by atoms with E-state index in [4.69, 9.17) is 9.47 Å². The minimum atomic E-state index is -4.69. The zero-order valence-corrected chi connectivity index (χ0v) is 20.2. The molecule has 0 aliphatic carbocycles. The third kappa shape index (κ3) is 4.72. The summed E-state index contributed by atoms with van der Waals surface area (Å²) < 4.78 is 55.7. The second-order valence-electron chi connectivity index (χ2n) is 8.59. The molecule has 0 amide bonds. The van der Waals surface area contributed by atoms with Crippen molar-refractivity contribution in [3.63, 3.8) is 0 Å². The van der Waals surface area contributed by atoms with Crippen molar-refractivity contribution >= 4 is 11.9 Å². The van der Waals surface area contributed by atoms with E-state index in [9.17, 15) is 18.0 Å². The lowest BCUT2D eigenvalue weighted by molar-refractivity contribution is -0.140. The van der Waals surface area contributed by atoms with Gasteiger partial charge in [0.15, 0.2) is 11.5 Å². The Morgan fingerprint density at radius 2 is 1.92 bits per heavy atom. The number of nitrogens with zero attached hydrogens (tertiary/aromatic N) is 5. The molecule has 0 atom stereocenters. The number of rotatable bonds is 5. The fourth-order valence-corrected chi connectivity index (χ4v) is 4.27. The number of ether oxygens (including phenoxy) is 2. The Balaban J connectivity index is 1.66. The van der Waals surface area contributed by atoms with Gasteiger partial charge in [0.1, 0.15) is 23.9 Å². The van der Waals surface area contributed by atoms with E-state index in [1.807, 2.05) is 11.5 Å². The molecule has 37 heavy (non-hydrogen) atoms. The molecule has 1 aliphatic rings. The van der Waals surface area contributed by atoms with Gasteiger partial charge in [-0.1, -0.05) is 0 Å². The van der Waals surface area contributed by atoms with Crippen molar-refractivity contribution in [1.82, 2.24) is 24.3 Å². The number of hydrogen-bond donors (Lipinski definition) is 0. The number of imidazole rings is 1. The van der Waals surface area contributed by atoms with Crippen molar-refractivity contribution in [3.05, 3.63) is 83.0 Å². The highest BCUT2D eigenvalue weighted by atomic mass is 19.4. The topological polar surface area (TPSA) is 84.1 Å². The molecule has 4 aromatic rings. The van der Waals surface area contributed by atoms with E-state index >= 15 is 0 Å². The van der Waals surface area contributed by atoms with Crippen molar-refractivity contribution in [2.24, 2.45) is 7.05 Å². The van der Waals surface area contributed by atoms with Crippen LogP contribution in [0.5, 0.6) is 11.5 Å². The number of ketones is 1. The van der Waals surface area contributed by atoms with Crippen LogP contribution in [0.2, 0.25) is 0 Å². The zero-order valence-electron chi connectivity index (χ0n) is 20.2. The SMILES string of the molecule is COc1ccnc(/C=C2\COc3c(cc(Cn4ccnc4C)cc3-c3cn(C)nc3C(F)(F)F)C2=O)c1. The molecule has 0 bridgehead atoms. The van der Waals surface area contributed by atoms with Crippen molar-refractivity contribution < 1.29 is 27.4 Å². The van der Waals surface area contributed by atoms with Crippen LogP contribution in [-0.4, -0.2) is 43.8 Å². The van der Waals surface area contributed by atoms with Gasteiger partial charge in [0.05, 0.1) is 18.4 Å². The minimum Gasteiger partial charge on any atom is -0.497 e. The highest BCUT2D eigenvalue weighted by molar-refractivity contribution is 6.15. The highest BCUT2D eigenvalue weighted by Crippen LogP contribution is 2.43. The van der Waals surface area contributed by atoms with Crippen molar-refractivity contribution in [3.8, 4) is 22.6 Å². The molecule has 190 valence electrons. The predicted octanol–water partition coefficient (Wildman–Crippen LogP) is 4.72. The maximum absolute atomic E-state index is 13.9. The summed E-state index contributed by atoms with van der Waals surface area (Å²) in [5.74, 6) is 1.03. The van der Waals surface area contributed by atoms with Crippen LogP contribution in [0.1, 0.15) is 33.1 Å². The van der Waals surface area contributed by atoms with E-state index in [1.165, 1.54) is 20.4 Å². The van der Waals surface area contributed by atoms with Crippen LogP contribution in [0.25, 0.3) is 17.2 Å². The van der Waals surface area contributed by atoms with Crippen LogP contribution in [-0.2, 0) is 19.8 Å². The van der Waals surface area contributed by atoms with Crippen LogP contribution < -0.4 is 9.47 Å². The van der Waals surface area contributed by atoms with Crippen LogP contribution >= 0.6 is 0 Å². The molecule has 0 radical (unpaired) electrons. The zero-order chi connectivity index (χ0) is 26.3. The summed E-state index contributed by atoms with van der Waals surface area (Å²) in [6.45, 7) is 2.00. The Morgan fingerprint density at radius 3 is 2.62 bits per heavy atom. The van der Waals surface area contributed by atoms with Crippen molar-refractivity contribution in [2.45, 2.75) is 19.6 Å². The van der Waals surface area contributed by atoms with Gasteiger partial charge < -0.3 is 14.0 Å². The third-order valence-corrected chi connectivity index (χ3v) is 6.03. The number of methoxy groups -OCH3 is 1. The van der Waals surface area contributed by atoms with Crippen LogP contribution in [0.15, 0.2) is 54.6 Å². The Morgan fingerprint density at radius 1 is 1.14 bits per heavy atom. The molecule has 0 unspecified atom stereocenters. The summed E-state index contributed by atoms with van der Waals surface area (Å²) >= 11 is 0. The van der Waals surface area contributed by atoms with Gasteiger partial charge in [0.25, 0.3) is 0 Å². The molecular formula is C26H22F3N5O3. The molecule has 11 heteroatoms. The molecule has 1 aliphatic heterocycles. The van der Waals surface area contributed by atoms with Gasteiger partial charge >= 0.3 is 6.18 Å². The molecule has 0 spiro atoms. The van der Waals surface area contributed by atoms with Gasteiger partial charge in [-0.25, -0.2) is 4.98 Å². The number of aromatic nitrogens is 5. The number of halogens is 3. The van der Waals surface area contributed by atoms with Gasteiger partial charge in [-0.2, -0.15) is 18.3 Å². The molecular weight excluding hydrogens is 487 g/mol. The average molecular weight is 509 g/mol. The molecule has 8 nitrogen and oxygen atoms in total. The normalized spacial score (nSPS) is 14.5. The minimum absolute atomic E-state index is 0.0883. The molecule has 0 saturated carbocycles. The highest BCUT2D eigenvalue weighted by Gasteiger charge is 2.39. The van der Waals surface area contributed by atoms with Gasteiger partial charge in [-0.3, -0.25) is 14.5 Å². The van der Waals surface area contributed by atoms with E-state index in [-0.39, 0.29) is 34.8 Å². The van der Waals surface area contributed by atoms with Crippen LogP contribution in [0.4, 0.5) is 13.2 Å². The third-order valence-electron chi connectivity index (χ3n) is 6.03. The summed E-state index contributed by atoms with van der Waals surface area (Å²) in [7, 11) is 2.94. The predicted molar refractivity (Wildman–Crippen MR) is 128 cm³/mol. The first-order valence-electron chi connectivity index (χ1n) is 11.3.